The molecule has 16 nitrogen and oxygen atoms in total. The van der Waals surface area contributed by atoms with E-state index in [1.807, 2.05) is 52.7 Å². The molecule has 2 aromatic carbocycles. The summed E-state index contributed by atoms with van der Waals surface area (Å²) in [5.41, 5.74) is 10.4. The number of hydrogen-bond donors (Lipinski definition) is 2. The fourth-order valence-corrected chi connectivity index (χ4v) is 15.1. The number of likely N-dealkylation sites (tertiary alicyclic amines) is 2. The van der Waals surface area contributed by atoms with Gasteiger partial charge in [-0.3, -0.25) is 34.1 Å². The quantitative estimate of drug-likeness (QED) is 0.118. The van der Waals surface area contributed by atoms with Gasteiger partial charge in [0.05, 0.1) is 47.7 Å². The molecule has 2 N–H and O–H groups in total. The number of aryl methyl sites for hydroxylation is 2. The second-order valence-electron chi connectivity index (χ2n) is 25.0. The second-order valence-corrected chi connectivity index (χ2v) is 26.4. The van der Waals surface area contributed by atoms with Crippen molar-refractivity contribution in [3.8, 4) is 11.3 Å². The molecule has 4 aromatic rings. The van der Waals surface area contributed by atoms with Gasteiger partial charge in [-0.05, 0) is 131 Å². The Balaban J connectivity index is 0.840. The lowest BCUT2D eigenvalue weighted by Crippen LogP contribution is -2.62. The van der Waals surface area contributed by atoms with Crippen LogP contribution in [0.25, 0.3) is 22.2 Å². The Labute approximate surface area is 457 Å². The van der Waals surface area contributed by atoms with Crippen molar-refractivity contribution >= 4 is 51.3 Å². The molecule has 17 heteroatoms. The standard InChI is InChI=1S/C60H81N9O7S/c1-9-67-49-21-18-41-30-45(49)46(53(67)44-12-10-24-61-50(44)37(2)3)32-59(7,8)36-76-58(73)47-13-11-25-68(63-47)56(71)48(31-42-33-64(41)28-29-75-42)62-55(70)51(38(4)5)65-26-22-60(34-65)23-27-66(35-60)57(72)54-52(40-16-17-40)69(54)77(74)43-19-14-39(6)15-20-43/h10,12,14-15,18-21,24,30,37-38,40,42,47-48,51-52,54,63H,9,11,13,16-17,22-23,25-29,31-36H2,1-8H3,(H,62,70)/t42-,47-,48-,51-,52+,54+,60-,69?,77+/m0/s1. The van der Waals surface area contributed by atoms with E-state index in [1.165, 1.54) is 10.6 Å². The number of hydrogen-bond acceptors (Lipinski definition) is 11. The number of morpholine rings is 1. The molecule has 5 saturated heterocycles. The van der Waals surface area contributed by atoms with Crippen LogP contribution in [0.3, 0.4) is 0 Å². The number of fused-ring (bicyclic) bond motifs is 6. The lowest BCUT2D eigenvalue weighted by atomic mass is 9.84. The lowest BCUT2D eigenvalue weighted by Gasteiger charge is -2.39. The Morgan fingerprint density at radius 3 is 2.48 bits per heavy atom. The van der Waals surface area contributed by atoms with Crippen molar-refractivity contribution in [1.29, 1.82) is 0 Å². The van der Waals surface area contributed by atoms with Gasteiger partial charge in [-0.15, -0.1) is 0 Å². The van der Waals surface area contributed by atoms with Crippen molar-refractivity contribution in [2.24, 2.45) is 22.7 Å². The van der Waals surface area contributed by atoms with Gasteiger partial charge >= 0.3 is 5.97 Å². The van der Waals surface area contributed by atoms with Crippen LogP contribution in [0, 0.1) is 29.6 Å². The SMILES string of the molecule is CCn1c(-c2cccnc2C(C)C)c2c3cc(ccc31)N1CCO[C@@H](C[C@H](NC(=O)[C@H](C(C)C)N3CC[C@]4(CCN(C(=O)[C@H]5[C@@H](C6CC6)N5[S@](=O)c5ccc(C)cc5)C4)C3)C(=O)N3CCC[C@H](N3)C(=O)OCC(C)(C)C2)C1. The number of carbonyl (C=O) groups excluding carboxylic acids is 4. The molecule has 1 saturated carbocycles. The molecule has 6 fully saturated rings. The summed E-state index contributed by atoms with van der Waals surface area (Å²) in [4.78, 5) is 70.8. The summed E-state index contributed by atoms with van der Waals surface area (Å²) in [6, 6.07) is 16.1. The highest BCUT2D eigenvalue weighted by molar-refractivity contribution is 7.83. The van der Waals surface area contributed by atoms with Gasteiger partial charge < -0.3 is 29.2 Å². The predicted octanol–water partition coefficient (Wildman–Crippen LogP) is 6.99. The van der Waals surface area contributed by atoms with Crippen LogP contribution in [-0.4, -0.2) is 152 Å². The summed E-state index contributed by atoms with van der Waals surface area (Å²) < 4.78 is 30.9. The largest absolute Gasteiger partial charge is 0.464 e. The maximum absolute atomic E-state index is 15.0. The molecular weight excluding hydrogens is 991 g/mol. The number of carbonyl (C=O) groups is 4. The van der Waals surface area contributed by atoms with Crippen molar-refractivity contribution in [3.05, 3.63) is 77.6 Å². The number of aromatic nitrogens is 2. The van der Waals surface area contributed by atoms with E-state index < -0.39 is 40.5 Å². The summed E-state index contributed by atoms with van der Waals surface area (Å²) in [6.07, 6.45) is 7.30. The van der Waals surface area contributed by atoms with Gasteiger partial charge in [0.25, 0.3) is 5.91 Å². The predicted molar refractivity (Wildman–Crippen MR) is 298 cm³/mol. The fraction of sp³-hybridized carbons (Fsp3) is 0.617. The maximum Gasteiger partial charge on any atom is 0.324 e. The van der Waals surface area contributed by atoms with E-state index in [0.29, 0.717) is 77.6 Å². The third-order valence-corrected chi connectivity index (χ3v) is 19.3. The topological polar surface area (TPSA) is 162 Å². The van der Waals surface area contributed by atoms with E-state index >= 15 is 4.79 Å². The summed E-state index contributed by atoms with van der Waals surface area (Å²) in [5.74, 6) is -0.312. The molecule has 7 aliphatic rings. The van der Waals surface area contributed by atoms with Crippen LogP contribution in [0.4, 0.5) is 5.69 Å². The normalized spacial score (nSPS) is 28.8. The van der Waals surface area contributed by atoms with E-state index in [0.717, 1.165) is 76.2 Å². The summed E-state index contributed by atoms with van der Waals surface area (Å²) >= 11 is 0. The first kappa shape index (κ1) is 53.8. The second kappa shape index (κ2) is 21.5. The number of anilines is 1. The number of benzene rings is 2. The van der Waals surface area contributed by atoms with Crippen molar-refractivity contribution < 1.29 is 32.9 Å². The molecule has 414 valence electrons. The third kappa shape index (κ3) is 10.7. The van der Waals surface area contributed by atoms with E-state index in [2.05, 4.69) is 97.8 Å². The highest BCUT2D eigenvalue weighted by atomic mass is 32.2. The van der Waals surface area contributed by atoms with Crippen molar-refractivity contribution in [3.63, 3.8) is 0 Å². The van der Waals surface area contributed by atoms with Crippen LogP contribution in [0.5, 0.6) is 0 Å². The molecule has 2 aromatic heterocycles. The number of amides is 3. The summed E-state index contributed by atoms with van der Waals surface area (Å²) in [5, 5.41) is 5.96. The van der Waals surface area contributed by atoms with Crippen molar-refractivity contribution in [2.45, 2.75) is 160 Å². The van der Waals surface area contributed by atoms with Crippen molar-refractivity contribution in [2.75, 3.05) is 63.9 Å². The molecular formula is C60H81N9O7S. The lowest BCUT2D eigenvalue weighted by molar-refractivity contribution is -0.156. The average Bonchev–Trinajstić information content (AvgIpc) is 4.43. The molecule has 6 bridgehead atoms. The molecule has 77 heavy (non-hydrogen) atoms. The molecule has 3 amide bonds. The van der Waals surface area contributed by atoms with Gasteiger partial charge in [-0.2, -0.15) is 0 Å². The third-order valence-electron chi connectivity index (χ3n) is 17.8. The van der Waals surface area contributed by atoms with Crippen LogP contribution >= 0.6 is 0 Å². The Hall–Kier alpha value is -5.20. The van der Waals surface area contributed by atoms with Crippen LogP contribution in [-0.2, 0) is 52.6 Å². The molecule has 1 unspecified atom stereocenters. The van der Waals surface area contributed by atoms with E-state index in [9.17, 15) is 18.6 Å². The van der Waals surface area contributed by atoms with Gasteiger partial charge in [-0.1, -0.05) is 59.2 Å². The molecule has 6 aliphatic heterocycles. The van der Waals surface area contributed by atoms with E-state index in [1.54, 1.807) is 0 Å². The van der Waals surface area contributed by atoms with E-state index in [-0.39, 0.29) is 66.2 Å². The Morgan fingerprint density at radius 2 is 1.74 bits per heavy atom. The van der Waals surface area contributed by atoms with Gasteiger partial charge in [0.15, 0.2) is 0 Å². The van der Waals surface area contributed by atoms with Crippen molar-refractivity contribution in [1.82, 2.24) is 39.4 Å². The number of cyclic esters (lactones) is 1. The monoisotopic (exact) mass is 1070 g/mol. The zero-order valence-electron chi connectivity index (χ0n) is 46.6. The smallest absolute Gasteiger partial charge is 0.324 e. The van der Waals surface area contributed by atoms with Crippen LogP contribution in [0.15, 0.2) is 65.7 Å². The van der Waals surface area contributed by atoms with Crippen LogP contribution in [0.2, 0.25) is 0 Å². The first-order valence-electron chi connectivity index (χ1n) is 28.7. The minimum atomic E-state index is -1.40. The molecule has 1 spiro atoms. The van der Waals surface area contributed by atoms with E-state index in [4.69, 9.17) is 14.5 Å². The minimum absolute atomic E-state index is 0.0112. The van der Waals surface area contributed by atoms with Gasteiger partial charge in [0.2, 0.25) is 11.8 Å². The Morgan fingerprint density at radius 1 is 0.961 bits per heavy atom. The average molecular weight is 1070 g/mol. The van der Waals surface area contributed by atoms with Crippen LogP contribution < -0.4 is 15.6 Å². The molecule has 11 rings (SSSR count). The number of pyridine rings is 1. The number of hydrazine groups is 1. The van der Waals surface area contributed by atoms with Crippen LogP contribution in [0.1, 0.15) is 116 Å². The number of nitrogens with one attached hydrogen (secondary N) is 2. The molecule has 8 heterocycles. The molecule has 9 atom stereocenters. The number of ether oxygens (including phenoxy) is 2. The van der Waals surface area contributed by atoms with Gasteiger partial charge in [0, 0.05) is 91.4 Å². The fourth-order valence-electron chi connectivity index (χ4n) is 13.7. The summed E-state index contributed by atoms with van der Waals surface area (Å²) in [7, 11) is -1.40. The van der Waals surface area contributed by atoms with Gasteiger partial charge in [0.1, 0.15) is 29.1 Å². The highest BCUT2D eigenvalue weighted by Crippen LogP contribution is 2.51. The Bertz CT molecular complexity index is 2920. The Kier molecular flexibility index (Phi) is 15.0. The zero-order chi connectivity index (χ0) is 54.1. The number of esters is 1. The summed E-state index contributed by atoms with van der Waals surface area (Å²) in [6.45, 7) is 22.6. The first-order valence-corrected chi connectivity index (χ1v) is 29.8. The van der Waals surface area contributed by atoms with Gasteiger partial charge in [-0.25, -0.2) is 13.9 Å². The minimum Gasteiger partial charge on any atom is -0.464 e. The maximum atomic E-state index is 15.0. The first-order chi connectivity index (χ1) is 36.9. The number of rotatable bonds is 11. The highest BCUT2D eigenvalue weighted by Gasteiger charge is 2.63. The zero-order valence-corrected chi connectivity index (χ0v) is 47.4. The molecule has 1 aliphatic carbocycles. The molecule has 0 radical (unpaired) electrons. The number of nitrogens with zero attached hydrogens (tertiary/aromatic N) is 7.